The smallest absolute Gasteiger partial charge is 0.331 e. The molecule has 6 nitrogen and oxygen atoms in total. The van der Waals surface area contributed by atoms with Gasteiger partial charge in [0.05, 0.1) is 17.7 Å². The predicted molar refractivity (Wildman–Crippen MR) is 105 cm³/mol. The lowest BCUT2D eigenvalue weighted by molar-refractivity contribution is -0.135. The number of benzene rings is 1. The molecule has 1 aromatic heterocycles. The van der Waals surface area contributed by atoms with Gasteiger partial charge in [0, 0.05) is 17.2 Å². The van der Waals surface area contributed by atoms with Crippen molar-refractivity contribution in [2.75, 3.05) is 18.3 Å². The van der Waals surface area contributed by atoms with Crippen molar-refractivity contribution in [3.05, 3.63) is 59.6 Å². The van der Waals surface area contributed by atoms with Gasteiger partial charge >= 0.3 is 5.97 Å². The Morgan fingerprint density at radius 1 is 1.31 bits per heavy atom. The van der Waals surface area contributed by atoms with E-state index in [1.54, 1.807) is 30.1 Å². The third-order valence-electron chi connectivity index (χ3n) is 3.43. The van der Waals surface area contributed by atoms with E-state index >= 15 is 0 Å². The maximum Gasteiger partial charge on any atom is 0.331 e. The number of esters is 1. The highest BCUT2D eigenvalue weighted by atomic mass is 32.2. The summed E-state index contributed by atoms with van der Waals surface area (Å²) in [7, 11) is 1.27. The van der Waals surface area contributed by atoms with Crippen LogP contribution in [0.25, 0.3) is 0 Å². The Morgan fingerprint density at radius 3 is 2.85 bits per heavy atom. The molecule has 2 aromatic rings. The summed E-state index contributed by atoms with van der Waals surface area (Å²) >= 11 is 2.69. The first-order valence-corrected chi connectivity index (χ1v) is 9.62. The number of anilines is 1. The fourth-order valence-electron chi connectivity index (χ4n) is 2.21. The zero-order chi connectivity index (χ0) is 18.5. The van der Waals surface area contributed by atoms with Crippen LogP contribution in [0.15, 0.2) is 69.5 Å². The molecule has 0 aliphatic carbocycles. The molecule has 2 heterocycles. The second-order valence-electron chi connectivity index (χ2n) is 5.06. The van der Waals surface area contributed by atoms with Crippen molar-refractivity contribution in [1.29, 1.82) is 0 Å². The van der Waals surface area contributed by atoms with Crippen LogP contribution in [0.3, 0.4) is 0 Å². The van der Waals surface area contributed by atoms with Crippen LogP contribution in [0, 0.1) is 0 Å². The highest BCUT2D eigenvalue weighted by molar-refractivity contribution is 8.19. The summed E-state index contributed by atoms with van der Waals surface area (Å²) in [4.78, 5) is 35.9. The maximum absolute atomic E-state index is 12.9. The van der Waals surface area contributed by atoms with Crippen LogP contribution in [0.2, 0.25) is 0 Å². The molecule has 0 unspecified atom stereocenters. The number of thioether (sulfide) groups is 2. The minimum absolute atomic E-state index is 0.251. The molecule has 3 rings (SSSR count). The molecule has 1 aromatic carbocycles. The summed E-state index contributed by atoms with van der Waals surface area (Å²) in [5.41, 5.74) is 0.678. The molecule has 1 aliphatic rings. The largest absolute Gasteiger partial charge is 0.466 e. The molecule has 0 atom stereocenters. The highest BCUT2D eigenvalue weighted by Crippen LogP contribution is 2.36. The van der Waals surface area contributed by atoms with Crippen molar-refractivity contribution in [3.63, 3.8) is 0 Å². The molecule has 0 spiro atoms. The van der Waals surface area contributed by atoms with Crippen molar-refractivity contribution in [1.82, 2.24) is 4.98 Å². The number of hydrogen-bond acceptors (Lipinski definition) is 7. The van der Waals surface area contributed by atoms with Gasteiger partial charge in [0.1, 0.15) is 0 Å². The van der Waals surface area contributed by atoms with E-state index in [9.17, 15) is 9.59 Å². The van der Waals surface area contributed by atoms with E-state index in [-0.39, 0.29) is 10.8 Å². The molecule has 1 saturated heterocycles. The van der Waals surface area contributed by atoms with Crippen molar-refractivity contribution in [2.24, 2.45) is 4.99 Å². The van der Waals surface area contributed by atoms with Crippen LogP contribution in [0.4, 0.5) is 11.5 Å². The summed E-state index contributed by atoms with van der Waals surface area (Å²) in [5, 5.41) is 0.433. The first kappa shape index (κ1) is 18.2. The molecular weight excluding hydrogens is 370 g/mol. The van der Waals surface area contributed by atoms with E-state index in [0.717, 1.165) is 16.7 Å². The Hall–Kier alpha value is -2.58. The molecule has 8 heteroatoms. The molecule has 0 radical (unpaired) electrons. The Morgan fingerprint density at radius 2 is 2.15 bits per heavy atom. The molecule has 0 bridgehead atoms. The van der Waals surface area contributed by atoms with E-state index in [4.69, 9.17) is 0 Å². The standard InChI is InChI=1S/C18H15N3O3S2/c1-24-16(22)11-14-17(23)21(12-6-5-7-13(10-12)25-2)18(26-14)20-15-8-3-4-9-19-15/h3-11H,1-2H3/b14-11+,20-18?. The fourth-order valence-corrected chi connectivity index (χ4v) is 3.61. The van der Waals surface area contributed by atoms with Crippen molar-refractivity contribution in [2.45, 2.75) is 4.90 Å². The summed E-state index contributed by atoms with van der Waals surface area (Å²) in [5.74, 6) is -0.431. The van der Waals surface area contributed by atoms with Crippen molar-refractivity contribution >= 4 is 52.1 Å². The van der Waals surface area contributed by atoms with Gasteiger partial charge < -0.3 is 4.74 Å². The van der Waals surface area contributed by atoms with Crippen LogP contribution in [0.1, 0.15) is 0 Å². The topological polar surface area (TPSA) is 71.9 Å². The third-order valence-corrected chi connectivity index (χ3v) is 5.12. The average Bonchev–Trinajstić information content (AvgIpc) is 2.97. The first-order chi connectivity index (χ1) is 12.6. The van der Waals surface area contributed by atoms with Gasteiger partial charge in [0.15, 0.2) is 11.0 Å². The van der Waals surface area contributed by atoms with Gasteiger partial charge in [-0.3, -0.25) is 9.69 Å². The minimum atomic E-state index is -0.585. The number of carbonyl (C=O) groups is 2. The molecule has 1 fully saturated rings. The van der Waals surface area contributed by atoms with Gasteiger partial charge in [-0.05, 0) is 48.3 Å². The summed E-state index contributed by atoms with van der Waals surface area (Å²) in [6.45, 7) is 0. The second kappa shape index (κ2) is 8.20. The number of ether oxygens (including phenoxy) is 1. The number of aromatic nitrogens is 1. The lowest BCUT2D eigenvalue weighted by Crippen LogP contribution is -2.28. The van der Waals surface area contributed by atoms with E-state index in [2.05, 4.69) is 14.7 Å². The fraction of sp³-hybridized carbons (Fsp3) is 0.111. The van der Waals surface area contributed by atoms with Crippen LogP contribution < -0.4 is 4.90 Å². The predicted octanol–water partition coefficient (Wildman–Crippen LogP) is 3.63. The third kappa shape index (κ3) is 3.97. The van der Waals surface area contributed by atoms with Crippen LogP contribution >= 0.6 is 23.5 Å². The number of methoxy groups -OCH3 is 1. The monoisotopic (exact) mass is 385 g/mol. The van der Waals surface area contributed by atoms with Gasteiger partial charge in [0.25, 0.3) is 5.91 Å². The van der Waals surface area contributed by atoms with Gasteiger partial charge in [-0.2, -0.15) is 0 Å². The highest BCUT2D eigenvalue weighted by Gasteiger charge is 2.35. The lowest BCUT2D eigenvalue weighted by Gasteiger charge is -2.16. The van der Waals surface area contributed by atoms with Crippen LogP contribution in [-0.2, 0) is 14.3 Å². The van der Waals surface area contributed by atoms with Gasteiger partial charge in [-0.25, -0.2) is 14.8 Å². The maximum atomic E-state index is 12.9. The zero-order valence-corrected chi connectivity index (χ0v) is 15.7. The molecule has 26 heavy (non-hydrogen) atoms. The normalized spacial score (nSPS) is 17.2. The van der Waals surface area contributed by atoms with E-state index in [1.165, 1.54) is 18.1 Å². The molecule has 1 aliphatic heterocycles. The summed E-state index contributed by atoms with van der Waals surface area (Å²) in [6.07, 6.45) is 4.77. The van der Waals surface area contributed by atoms with E-state index < -0.39 is 5.97 Å². The number of carbonyl (C=O) groups excluding carboxylic acids is 2. The molecule has 0 N–H and O–H groups in total. The van der Waals surface area contributed by atoms with E-state index in [1.807, 2.05) is 36.6 Å². The number of amides is 1. The average molecular weight is 385 g/mol. The summed E-state index contributed by atoms with van der Waals surface area (Å²) < 4.78 is 4.64. The van der Waals surface area contributed by atoms with Crippen molar-refractivity contribution < 1.29 is 14.3 Å². The Balaban J connectivity index is 2.06. The van der Waals surface area contributed by atoms with Gasteiger partial charge in [0.2, 0.25) is 0 Å². The van der Waals surface area contributed by atoms with Crippen LogP contribution in [-0.4, -0.2) is 35.4 Å². The summed E-state index contributed by atoms with van der Waals surface area (Å²) in [6, 6.07) is 12.9. The van der Waals surface area contributed by atoms with Crippen LogP contribution in [0.5, 0.6) is 0 Å². The number of amidine groups is 1. The molecule has 132 valence electrons. The Labute approximate surface area is 159 Å². The number of pyridine rings is 1. The first-order valence-electron chi connectivity index (χ1n) is 7.58. The Bertz CT molecular complexity index is 898. The number of rotatable bonds is 4. The second-order valence-corrected chi connectivity index (χ2v) is 6.95. The quantitative estimate of drug-likeness (QED) is 0.455. The number of nitrogens with zero attached hydrogens (tertiary/aromatic N) is 3. The minimum Gasteiger partial charge on any atom is -0.466 e. The Kier molecular flexibility index (Phi) is 5.75. The SMILES string of the molecule is COC(=O)/C=C1/SC(=Nc2ccccn2)N(c2cccc(SC)c2)C1=O. The zero-order valence-electron chi connectivity index (χ0n) is 14.1. The number of hydrogen-bond donors (Lipinski definition) is 0. The van der Waals surface area contributed by atoms with Gasteiger partial charge in [-0.15, -0.1) is 11.8 Å². The van der Waals surface area contributed by atoms with E-state index in [0.29, 0.717) is 16.7 Å². The molecule has 1 amide bonds. The lowest BCUT2D eigenvalue weighted by atomic mass is 10.3. The van der Waals surface area contributed by atoms with Crippen molar-refractivity contribution in [3.8, 4) is 0 Å². The van der Waals surface area contributed by atoms with Gasteiger partial charge in [-0.1, -0.05) is 12.1 Å². The number of aliphatic imine (C=N–C) groups is 1. The molecular formula is C18H15N3O3S2. The molecule has 0 saturated carbocycles.